The molecule has 0 spiro atoms. The van der Waals surface area contributed by atoms with Crippen molar-refractivity contribution < 1.29 is 15.0 Å². The van der Waals surface area contributed by atoms with E-state index >= 15 is 0 Å². The molecule has 4 unspecified atom stereocenters. The van der Waals surface area contributed by atoms with Gasteiger partial charge in [0.15, 0.2) is 5.78 Å². The first-order valence-corrected chi connectivity index (χ1v) is 3.61. The van der Waals surface area contributed by atoms with E-state index in [0.717, 1.165) is 0 Å². The first-order valence-electron chi connectivity index (χ1n) is 2.73. The lowest BCUT2D eigenvalue weighted by atomic mass is 10.3. The van der Waals surface area contributed by atoms with Gasteiger partial charge in [0.25, 0.3) is 0 Å². The summed E-state index contributed by atoms with van der Waals surface area (Å²) in [6.45, 7) is 0. The van der Waals surface area contributed by atoms with Gasteiger partial charge in [-0.1, -0.05) is 0 Å². The Labute approximate surface area is 67.5 Å². The van der Waals surface area contributed by atoms with Crippen molar-refractivity contribution in [3.05, 3.63) is 0 Å². The van der Waals surface area contributed by atoms with Crippen LogP contribution < -0.4 is 0 Å². The number of halogens is 2. The van der Waals surface area contributed by atoms with Crippen molar-refractivity contribution in [1.29, 1.82) is 0 Å². The Balaban J connectivity index is 2.78. The van der Waals surface area contributed by atoms with E-state index in [1.807, 2.05) is 0 Å². The molecule has 1 aliphatic rings. The zero-order valence-corrected chi connectivity index (χ0v) is 6.38. The molecule has 3 nitrogen and oxygen atoms in total. The van der Waals surface area contributed by atoms with Gasteiger partial charge in [0.1, 0.15) is 12.2 Å². The molecule has 0 heterocycles. The van der Waals surface area contributed by atoms with E-state index in [0.29, 0.717) is 0 Å². The normalized spacial score (nSPS) is 48.2. The van der Waals surface area contributed by atoms with Gasteiger partial charge >= 0.3 is 0 Å². The van der Waals surface area contributed by atoms with Gasteiger partial charge in [0.05, 0.1) is 10.8 Å². The molecule has 1 rings (SSSR count). The lowest BCUT2D eigenvalue weighted by Gasteiger charge is -2.06. The molecule has 5 heteroatoms. The van der Waals surface area contributed by atoms with Crippen LogP contribution in [0.1, 0.15) is 0 Å². The highest BCUT2D eigenvalue weighted by Gasteiger charge is 2.46. The number of hydrogen-bond acceptors (Lipinski definition) is 3. The van der Waals surface area contributed by atoms with E-state index in [-0.39, 0.29) is 0 Å². The number of aliphatic hydroxyl groups excluding tert-OH is 2. The van der Waals surface area contributed by atoms with E-state index in [2.05, 4.69) is 0 Å². The lowest BCUT2D eigenvalue weighted by molar-refractivity contribution is -0.130. The highest BCUT2D eigenvalue weighted by atomic mass is 35.5. The first-order chi connectivity index (χ1) is 4.55. The number of carbonyl (C=O) groups excluding carboxylic acids is 1. The zero-order valence-electron chi connectivity index (χ0n) is 4.87. The zero-order chi connectivity index (χ0) is 7.89. The highest BCUT2D eigenvalue weighted by Crippen LogP contribution is 2.26. The van der Waals surface area contributed by atoms with Crippen LogP contribution in [-0.4, -0.2) is 39.0 Å². The van der Waals surface area contributed by atoms with Gasteiger partial charge < -0.3 is 10.2 Å². The van der Waals surface area contributed by atoms with Crippen molar-refractivity contribution in [2.45, 2.75) is 23.0 Å². The third-order valence-electron chi connectivity index (χ3n) is 1.49. The van der Waals surface area contributed by atoms with Gasteiger partial charge in [0, 0.05) is 0 Å². The SMILES string of the molecule is O=C1C(O)C(Cl)C(Cl)C1O. The number of Topliss-reactive ketones (excluding diaryl/α,β-unsaturated/α-hetero) is 1. The van der Waals surface area contributed by atoms with Crippen molar-refractivity contribution in [3.63, 3.8) is 0 Å². The average Bonchev–Trinajstić information content (AvgIpc) is 2.07. The molecule has 0 aromatic rings. The Kier molecular flexibility index (Phi) is 2.20. The Morgan fingerprint density at radius 1 is 1.10 bits per heavy atom. The number of carbonyl (C=O) groups is 1. The molecule has 2 N–H and O–H groups in total. The molecule has 1 aliphatic carbocycles. The minimum Gasteiger partial charge on any atom is -0.384 e. The molecule has 0 saturated heterocycles. The molecule has 58 valence electrons. The van der Waals surface area contributed by atoms with Crippen molar-refractivity contribution in [3.8, 4) is 0 Å². The molecule has 0 amide bonds. The summed E-state index contributed by atoms with van der Waals surface area (Å²) in [6.07, 6.45) is -2.64. The number of hydrogen-bond donors (Lipinski definition) is 2. The fourth-order valence-corrected chi connectivity index (χ4v) is 1.36. The van der Waals surface area contributed by atoms with E-state index < -0.39 is 28.7 Å². The third kappa shape index (κ3) is 1.03. The maximum Gasteiger partial charge on any atom is 0.192 e. The number of alkyl halides is 2. The molecular weight excluding hydrogens is 179 g/mol. The first kappa shape index (κ1) is 8.27. The van der Waals surface area contributed by atoms with Gasteiger partial charge in [-0.05, 0) is 0 Å². The topological polar surface area (TPSA) is 57.5 Å². The minimum atomic E-state index is -1.32. The second-order valence-electron chi connectivity index (χ2n) is 2.18. The second-order valence-corrected chi connectivity index (χ2v) is 3.19. The molecule has 0 aromatic heterocycles. The van der Waals surface area contributed by atoms with Crippen LogP contribution in [0.5, 0.6) is 0 Å². The molecule has 0 aliphatic heterocycles. The van der Waals surface area contributed by atoms with Gasteiger partial charge in [-0.2, -0.15) is 0 Å². The van der Waals surface area contributed by atoms with Crippen LogP contribution in [0.15, 0.2) is 0 Å². The summed E-state index contributed by atoms with van der Waals surface area (Å²) in [5, 5.41) is 16.0. The fourth-order valence-electron chi connectivity index (χ4n) is 0.837. The maximum atomic E-state index is 10.7. The van der Waals surface area contributed by atoms with Gasteiger partial charge in [0.2, 0.25) is 0 Å². The summed E-state index contributed by atoms with van der Waals surface area (Å²) in [7, 11) is 0. The predicted octanol–water partition coefficient (Wildman–Crippen LogP) is -0.494. The summed E-state index contributed by atoms with van der Waals surface area (Å²) < 4.78 is 0. The molecular formula is C5H6Cl2O3. The molecule has 0 aromatic carbocycles. The molecule has 4 atom stereocenters. The van der Waals surface area contributed by atoms with Crippen LogP contribution in [0.4, 0.5) is 0 Å². The summed E-state index contributed by atoms with van der Waals surface area (Å²) in [4.78, 5) is 10.7. The summed E-state index contributed by atoms with van der Waals surface area (Å²) >= 11 is 10.9. The highest BCUT2D eigenvalue weighted by molar-refractivity contribution is 6.34. The van der Waals surface area contributed by atoms with Gasteiger partial charge in [-0.25, -0.2) is 0 Å². The van der Waals surface area contributed by atoms with Crippen molar-refractivity contribution >= 4 is 29.0 Å². The van der Waals surface area contributed by atoms with Crippen molar-refractivity contribution in [2.24, 2.45) is 0 Å². The Bertz CT molecular complexity index is 145. The standard InChI is InChI=1S/C5H6Cl2O3/c6-1-2(7)4(9)5(10)3(1)8/h1-4,8-9H. The lowest BCUT2D eigenvalue weighted by Crippen LogP contribution is -2.24. The summed E-state index contributed by atoms with van der Waals surface area (Å²) in [5.74, 6) is -0.694. The average molecular weight is 185 g/mol. The molecule has 0 bridgehead atoms. The maximum absolute atomic E-state index is 10.7. The Morgan fingerprint density at radius 2 is 1.40 bits per heavy atom. The quantitative estimate of drug-likeness (QED) is 0.500. The second kappa shape index (κ2) is 2.66. The van der Waals surface area contributed by atoms with Crippen LogP contribution in [0, 0.1) is 0 Å². The summed E-state index contributed by atoms with van der Waals surface area (Å²) in [6, 6.07) is 0. The van der Waals surface area contributed by atoms with Crippen LogP contribution in [-0.2, 0) is 4.79 Å². The Morgan fingerprint density at radius 3 is 1.50 bits per heavy atom. The monoisotopic (exact) mass is 184 g/mol. The van der Waals surface area contributed by atoms with Crippen molar-refractivity contribution in [2.75, 3.05) is 0 Å². The predicted molar refractivity (Wildman–Crippen MR) is 36.3 cm³/mol. The number of ketones is 1. The molecule has 1 saturated carbocycles. The van der Waals surface area contributed by atoms with E-state index in [1.165, 1.54) is 0 Å². The number of rotatable bonds is 0. The van der Waals surface area contributed by atoms with E-state index in [4.69, 9.17) is 33.4 Å². The van der Waals surface area contributed by atoms with Crippen LogP contribution in [0.2, 0.25) is 0 Å². The largest absolute Gasteiger partial charge is 0.384 e. The van der Waals surface area contributed by atoms with Gasteiger partial charge in [-0.15, -0.1) is 23.2 Å². The molecule has 1 fully saturated rings. The fraction of sp³-hybridized carbons (Fsp3) is 0.800. The third-order valence-corrected chi connectivity index (χ3v) is 2.64. The minimum absolute atomic E-state index is 0.694. The van der Waals surface area contributed by atoms with E-state index in [9.17, 15) is 4.79 Å². The summed E-state index contributed by atoms with van der Waals surface area (Å²) in [5.41, 5.74) is 0. The van der Waals surface area contributed by atoms with Crippen molar-refractivity contribution in [1.82, 2.24) is 0 Å². The van der Waals surface area contributed by atoms with E-state index in [1.54, 1.807) is 0 Å². The number of aliphatic hydroxyl groups is 2. The molecule has 10 heavy (non-hydrogen) atoms. The smallest absolute Gasteiger partial charge is 0.192 e. The Hall–Kier alpha value is 0.170. The van der Waals surface area contributed by atoms with Crippen LogP contribution in [0.3, 0.4) is 0 Å². The van der Waals surface area contributed by atoms with Crippen LogP contribution >= 0.6 is 23.2 Å². The molecule has 0 radical (unpaired) electrons. The van der Waals surface area contributed by atoms with Gasteiger partial charge in [-0.3, -0.25) is 4.79 Å². The van der Waals surface area contributed by atoms with Crippen LogP contribution in [0.25, 0.3) is 0 Å².